The van der Waals surface area contributed by atoms with Crippen molar-refractivity contribution in [2.75, 3.05) is 0 Å². The number of aliphatic hydroxyl groups is 1. The highest BCUT2D eigenvalue weighted by Gasteiger charge is 2.10. The highest BCUT2D eigenvalue weighted by molar-refractivity contribution is 5.35. The molecule has 1 N–H and O–H groups in total. The van der Waals surface area contributed by atoms with Crippen LogP contribution >= 0.6 is 0 Å². The summed E-state index contributed by atoms with van der Waals surface area (Å²) in [6.45, 7) is 3.65. The summed E-state index contributed by atoms with van der Waals surface area (Å²) < 4.78 is 0. The molecule has 80 valence electrons. The number of nitrogens with zero attached hydrogens (tertiary/aromatic N) is 1. The van der Waals surface area contributed by atoms with Gasteiger partial charge in [-0.1, -0.05) is 6.08 Å². The van der Waals surface area contributed by atoms with Crippen LogP contribution in [0.4, 0.5) is 5.69 Å². The van der Waals surface area contributed by atoms with E-state index in [1.165, 1.54) is 12.1 Å². The summed E-state index contributed by atoms with van der Waals surface area (Å²) in [5.74, 6) is 0. The van der Waals surface area contributed by atoms with E-state index in [0.29, 0.717) is 5.56 Å². The van der Waals surface area contributed by atoms with Gasteiger partial charge >= 0.3 is 0 Å². The lowest BCUT2D eigenvalue weighted by Crippen LogP contribution is -1.98. The lowest BCUT2D eigenvalue weighted by molar-refractivity contribution is -0.384. The number of allylic oxidation sites excluding steroid dienone is 1. The summed E-state index contributed by atoms with van der Waals surface area (Å²) in [7, 11) is 0. The number of hydrogen-bond acceptors (Lipinski definition) is 3. The highest BCUT2D eigenvalue weighted by Crippen LogP contribution is 2.22. The van der Waals surface area contributed by atoms with E-state index >= 15 is 0 Å². The highest BCUT2D eigenvalue weighted by atomic mass is 16.6. The molecule has 0 fully saturated rings. The molecule has 4 heteroatoms. The van der Waals surface area contributed by atoms with Gasteiger partial charge in [0.1, 0.15) is 0 Å². The van der Waals surface area contributed by atoms with Crippen LogP contribution in [0.5, 0.6) is 0 Å². The van der Waals surface area contributed by atoms with Crippen LogP contribution in [0.15, 0.2) is 35.9 Å². The maximum atomic E-state index is 10.4. The van der Waals surface area contributed by atoms with Crippen molar-refractivity contribution in [3.05, 3.63) is 51.6 Å². The maximum absolute atomic E-state index is 10.4. The molecule has 0 bridgehead atoms. The molecule has 1 atom stereocenters. The Morgan fingerprint density at radius 2 is 2.00 bits per heavy atom. The summed E-state index contributed by atoms with van der Waals surface area (Å²) in [4.78, 5) is 9.94. The second kappa shape index (κ2) is 4.70. The van der Waals surface area contributed by atoms with E-state index in [1.54, 1.807) is 12.1 Å². The average molecular weight is 207 g/mol. The first kappa shape index (κ1) is 11.4. The van der Waals surface area contributed by atoms with Crippen LogP contribution in [0.1, 0.15) is 25.5 Å². The third-order valence-electron chi connectivity index (χ3n) is 2.31. The fraction of sp³-hybridized carbons (Fsp3) is 0.273. The van der Waals surface area contributed by atoms with E-state index in [9.17, 15) is 15.2 Å². The molecule has 0 amide bonds. The van der Waals surface area contributed by atoms with Crippen molar-refractivity contribution in [3.8, 4) is 0 Å². The number of benzene rings is 1. The Balaban J connectivity index is 2.94. The van der Waals surface area contributed by atoms with Gasteiger partial charge in [0.2, 0.25) is 0 Å². The topological polar surface area (TPSA) is 63.4 Å². The molecule has 0 radical (unpaired) electrons. The molecule has 0 aliphatic carbocycles. The molecule has 4 nitrogen and oxygen atoms in total. The number of hydrogen-bond donors (Lipinski definition) is 1. The van der Waals surface area contributed by atoms with Gasteiger partial charge in [-0.2, -0.15) is 0 Å². The van der Waals surface area contributed by atoms with E-state index in [1.807, 2.05) is 19.9 Å². The number of nitro benzene ring substituents is 1. The Morgan fingerprint density at radius 3 is 2.40 bits per heavy atom. The zero-order valence-electron chi connectivity index (χ0n) is 8.68. The first-order chi connectivity index (χ1) is 7.06. The first-order valence-electron chi connectivity index (χ1n) is 4.61. The van der Waals surface area contributed by atoms with Gasteiger partial charge in [-0.15, -0.1) is 0 Å². The van der Waals surface area contributed by atoms with Crippen LogP contribution < -0.4 is 0 Å². The number of non-ortho nitro benzene ring substituents is 1. The van der Waals surface area contributed by atoms with Crippen LogP contribution in [0.2, 0.25) is 0 Å². The number of rotatable bonds is 3. The maximum Gasteiger partial charge on any atom is 0.269 e. The quantitative estimate of drug-likeness (QED) is 0.470. The molecule has 0 aliphatic rings. The SMILES string of the molecule is C/C=C(\C)C(O)c1ccc([N+](=O)[O-])cc1. The van der Waals surface area contributed by atoms with Gasteiger partial charge in [0.25, 0.3) is 5.69 Å². The van der Waals surface area contributed by atoms with Crippen LogP contribution in [0.3, 0.4) is 0 Å². The van der Waals surface area contributed by atoms with E-state index in [-0.39, 0.29) is 5.69 Å². The largest absolute Gasteiger partial charge is 0.384 e. The van der Waals surface area contributed by atoms with E-state index in [4.69, 9.17) is 0 Å². The molecule has 1 aromatic carbocycles. The standard InChI is InChI=1S/C11H13NO3/c1-3-8(2)11(13)9-4-6-10(7-5-9)12(14)15/h3-7,11,13H,1-2H3/b8-3+. The molecule has 0 aromatic heterocycles. The van der Waals surface area contributed by atoms with Gasteiger partial charge in [0.05, 0.1) is 11.0 Å². The Hall–Kier alpha value is -1.68. The normalized spacial score (nSPS) is 13.7. The molecule has 0 heterocycles. The summed E-state index contributed by atoms with van der Waals surface area (Å²) in [6.07, 6.45) is 1.13. The molecular formula is C11H13NO3. The molecule has 0 spiro atoms. The zero-order valence-corrected chi connectivity index (χ0v) is 8.68. The molecule has 0 aliphatic heterocycles. The van der Waals surface area contributed by atoms with Gasteiger partial charge in [-0.05, 0) is 37.1 Å². The summed E-state index contributed by atoms with van der Waals surface area (Å²) in [5, 5.41) is 20.2. The Bertz CT molecular complexity index is 381. The minimum absolute atomic E-state index is 0.0316. The Kier molecular flexibility index (Phi) is 3.57. The fourth-order valence-corrected chi connectivity index (χ4v) is 1.20. The van der Waals surface area contributed by atoms with Crippen molar-refractivity contribution < 1.29 is 10.0 Å². The number of aliphatic hydroxyl groups excluding tert-OH is 1. The van der Waals surface area contributed by atoms with E-state index in [2.05, 4.69) is 0 Å². The van der Waals surface area contributed by atoms with Crippen LogP contribution in [0, 0.1) is 10.1 Å². The Labute approximate surface area is 88.0 Å². The average Bonchev–Trinajstić information content (AvgIpc) is 2.27. The summed E-state index contributed by atoms with van der Waals surface area (Å²) in [5.41, 5.74) is 1.52. The smallest absolute Gasteiger partial charge is 0.269 e. The lowest BCUT2D eigenvalue weighted by Gasteiger charge is -2.10. The van der Waals surface area contributed by atoms with E-state index < -0.39 is 11.0 Å². The summed E-state index contributed by atoms with van der Waals surface area (Å²) >= 11 is 0. The van der Waals surface area contributed by atoms with E-state index in [0.717, 1.165) is 5.57 Å². The van der Waals surface area contributed by atoms with Gasteiger partial charge < -0.3 is 5.11 Å². The molecule has 0 saturated carbocycles. The van der Waals surface area contributed by atoms with Gasteiger partial charge in [-0.3, -0.25) is 10.1 Å². The van der Waals surface area contributed by atoms with Gasteiger partial charge in [0, 0.05) is 12.1 Å². The summed E-state index contributed by atoms with van der Waals surface area (Å²) in [6, 6.07) is 5.91. The van der Waals surface area contributed by atoms with Crippen LogP contribution in [-0.4, -0.2) is 10.0 Å². The van der Waals surface area contributed by atoms with Gasteiger partial charge in [-0.25, -0.2) is 0 Å². The molecular weight excluding hydrogens is 194 g/mol. The second-order valence-corrected chi connectivity index (χ2v) is 3.28. The van der Waals surface area contributed by atoms with Crippen molar-refractivity contribution in [1.82, 2.24) is 0 Å². The van der Waals surface area contributed by atoms with Crippen LogP contribution in [-0.2, 0) is 0 Å². The Morgan fingerprint density at radius 1 is 1.47 bits per heavy atom. The fourth-order valence-electron chi connectivity index (χ4n) is 1.20. The van der Waals surface area contributed by atoms with Crippen molar-refractivity contribution in [1.29, 1.82) is 0 Å². The van der Waals surface area contributed by atoms with Gasteiger partial charge in [0.15, 0.2) is 0 Å². The minimum atomic E-state index is -0.684. The lowest BCUT2D eigenvalue weighted by atomic mass is 10.0. The molecule has 15 heavy (non-hydrogen) atoms. The predicted octanol–water partition coefficient (Wildman–Crippen LogP) is 2.59. The minimum Gasteiger partial charge on any atom is -0.384 e. The van der Waals surface area contributed by atoms with Crippen molar-refractivity contribution in [3.63, 3.8) is 0 Å². The van der Waals surface area contributed by atoms with Crippen molar-refractivity contribution >= 4 is 5.69 Å². The second-order valence-electron chi connectivity index (χ2n) is 3.28. The number of nitro groups is 1. The zero-order chi connectivity index (χ0) is 11.4. The molecule has 1 unspecified atom stereocenters. The van der Waals surface area contributed by atoms with Crippen molar-refractivity contribution in [2.45, 2.75) is 20.0 Å². The first-order valence-corrected chi connectivity index (χ1v) is 4.61. The molecule has 1 rings (SSSR count). The molecule has 1 aromatic rings. The monoisotopic (exact) mass is 207 g/mol. The third kappa shape index (κ3) is 2.63. The molecule has 0 saturated heterocycles. The van der Waals surface area contributed by atoms with Crippen molar-refractivity contribution in [2.24, 2.45) is 0 Å². The third-order valence-corrected chi connectivity index (χ3v) is 2.31. The van der Waals surface area contributed by atoms with Crippen LogP contribution in [0.25, 0.3) is 0 Å². The predicted molar refractivity (Wildman–Crippen MR) is 57.5 cm³/mol.